The van der Waals surface area contributed by atoms with E-state index < -0.39 is 0 Å². The maximum atomic E-state index is 9.76. The number of para-hydroxylation sites is 1. The van der Waals surface area contributed by atoms with Crippen molar-refractivity contribution in [1.82, 2.24) is 0 Å². The molecule has 2 rings (SSSR count). The third kappa shape index (κ3) is 2.16. The van der Waals surface area contributed by atoms with E-state index in [0.29, 0.717) is 6.42 Å². The van der Waals surface area contributed by atoms with Crippen LogP contribution in [0, 0.1) is 6.92 Å². The highest BCUT2D eigenvalue weighted by molar-refractivity contribution is 5.42. The molecular formula is C14H14O2. The summed E-state index contributed by atoms with van der Waals surface area (Å²) in [7, 11) is 0. The monoisotopic (exact) mass is 214 g/mol. The smallest absolute Gasteiger partial charge is 0.119 e. The van der Waals surface area contributed by atoms with E-state index in [0.717, 1.165) is 16.7 Å². The average Bonchev–Trinajstić information content (AvgIpc) is 2.25. The van der Waals surface area contributed by atoms with Gasteiger partial charge in [-0.15, -0.1) is 0 Å². The van der Waals surface area contributed by atoms with Crippen molar-refractivity contribution in [3.63, 3.8) is 0 Å². The molecular weight excluding hydrogens is 200 g/mol. The van der Waals surface area contributed by atoms with Crippen LogP contribution in [0.25, 0.3) is 0 Å². The number of hydrogen-bond donors (Lipinski definition) is 2. The fraction of sp³-hybridized carbons (Fsp3) is 0.143. The summed E-state index contributed by atoms with van der Waals surface area (Å²) >= 11 is 0. The quantitative estimate of drug-likeness (QED) is 0.806. The molecule has 0 atom stereocenters. The molecule has 2 aromatic carbocycles. The zero-order valence-corrected chi connectivity index (χ0v) is 9.14. The van der Waals surface area contributed by atoms with Crippen LogP contribution in [0.15, 0.2) is 42.5 Å². The van der Waals surface area contributed by atoms with Gasteiger partial charge in [0.05, 0.1) is 0 Å². The fourth-order valence-electron chi connectivity index (χ4n) is 1.69. The molecule has 82 valence electrons. The number of aromatic hydroxyl groups is 2. The minimum absolute atomic E-state index is 0.266. The van der Waals surface area contributed by atoms with Crippen molar-refractivity contribution >= 4 is 0 Å². The molecule has 2 N–H and O–H groups in total. The van der Waals surface area contributed by atoms with Gasteiger partial charge < -0.3 is 10.2 Å². The largest absolute Gasteiger partial charge is 0.508 e. The van der Waals surface area contributed by atoms with Gasteiger partial charge in [0.1, 0.15) is 11.5 Å². The van der Waals surface area contributed by atoms with Gasteiger partial charge in [-0.2, -0.15) is 0 Å². The summed E-state index contributed by atoms with van der Waals surface area (Å²) in [6.45, 7) is 1.93. The first-order valence-corrected chi connectivity index (χ1v) is 5.22. The van der Waals surface area contributed by atoms with Gasteiger partial charge >= 0.3 is 0 Å². The Kier molecular flexibility index (Phi) is 2.82. The maximum Gasteiger partial charge on any atom is 0.119 e. The van der Waals surface area contributed by atoms with Crippen LogP contribution < -0.4 is 0 Å². The van der Waals surface area contributed by atoms with E-state index in [1.54, 1.807) is 18.2 Å². The second kappa shape index (κ2) is 4.27. The van der Waals surface area contributed by atoms with E-state index in [4.69, 9.17) is 0 Å². The lowest BCUT2D eigenvalue weighted by Crippen LogP contribution is -1.90. The molecule has 0 spiro atoms. The summed E-state index contributed by atoms with van der Waals surface area (Å²) in [5.74, 6) is 0.547. The molecule has 0 aliphatic rings. The molecule has 0 aliphatic carbocycles. The SMILES string of the molecule is Cc1ccc(Cc2ccccc2O)c(O)c1. The highest BCUT2D eigenvalue weighted by Crippen LogP contribution is 2.25. The molecule has 0 amide bonds. The van der Waals surface area contributed by atoms with Crippen molar-refractivity contribution in [1.29, 1.82) is 0 Å². The van der Waals surface area contributed by atoms with Gasteiger partial charge in [-0.25, -0.2) is 0 Å². The molecule has 0 aromatic heterocycles. The van der Waals surface area contributed by atoms with Crippen molar-refractivity contribution in [2.45, 2.75) is 13.3 Å². The predicted molar refractivity (Wildman–Crippen MR) is 63.8 cm³/mol. The molecule has 0 saturated heterocycles. The highest BCUT2D eigenvalue weighted by atomic mass is 16.3. The fourth-order valence-corrected chi connectivity index (χ4v) is 1.69. The molecule has 0 saturated carbocycles. The molecule has 0 bridgehead atoms. The van der Waals surface area contributed by atoms with E-state index >= 15 is 0 Å². The van der Waals surface area contributed by atoms with Gasteiger partial charge in [0, 0.05) is 6.42 Å². The Morgan fingerprint density at radius 2 is 1.56 bits per heavy atom. The molecule has 2 nitrogen and oxygen atoms in total. The number of benzene rings is 2. The Labute approximate surface area is 94.8 Å². The Morgan fingerprint density at radius 3 is 2.25 bits per heavy atom. The highest BCUT2D eigenvalue weighted by Gasteiger charge is 2.05. The van der Waals surface area contributed by atoms with E-state index in [1.165, 1.54) is 0 Å². The first-order chi connectivity index (χ1) is 7.66. The molecule has 0 unspecified atom stereocenters. The summed E-state index contributed by atoms with van der Waals surface area (Å²) < 4.78 is 0. The molecule has 0 heterocycles. The average molecular weight is 214 g/mol. The number of phenols is 2. The molecule has 0 radical (unpaired) electrons. The summed E-state index contributed by atoms with van der Waals surface area (Å²) in [4.78, 5) is 0. The number of aryl methyl sites for hydroxylation is 1. The van der Waals surface area contributed by atoms with Gasteiger partial charge in [-0.3, -0.25) is 0 Å². The third-order valence-electron chi connectivity index (χ3n) is 2.61. The summed E-state index contributed by atoms with van der Waals surface area (Å²) in [5, 5.41) is 19.4. The van der Waals surface area contributed by atoms with Crippen molar-refractivity contribution in [3.8, 4) is 11.5 Å². The maximum absolute atomic E-state index is 9.76. The molecule has 0 aliphatic heterocycles. The second-order valence-electron chi connectivity index (χ2n) is 3.94. The van der Waals surface area contributed by atoms with Crippen LogP contribution in [0.5, 0.6) is 11.5 Å². The lowest BCUT2D eigenvalue weighted by Gasteiger charge is -2.07. The van der Waals surface area contributed by atoms with Crippen LogP contribution in [0.4, 0.5) is 0 Å². The van der Waals surface area contributed by atoms with E-state index in [1.807, 2.05) is 31.2 Å². The second-order valence-corrected chi connectivity index (χ2v) is 3.94. The predicted octanol–water partition coefficient (Wildman–Crippen LogP) is 3.00. The summed E-state index contributed by atoms with van der Waals surface area (Å²) in [6.07, 6.45) is 0.540. The first-order valence-electron chi connectivity index (χ1n) is 5.22. The zero-order valence-electron chi connectivity index (χ0n) is 9.14. The molecule has 16 heavy (non-hydrogen) atoms. The van der Waals surface area contributed by atoms with Crippen molar-refractivity contribution < 1.29 is 10.2 Å². The van der Waals surface area contributed by atoms with Crippen molar-refractivity contribution in [2.75, 3.05) is 0 Å². The number of phenolic OH excluding ortho intramolecular Hbond substituents is 2. The minimum atomic E-state index is 0.266. The van der Waals surface area contributed by atoms with Crippen molar-refractivity contribution in [2.24, 2.45) is 0 Å². The first kappa shape index (κ1) is 10.6. The van der Waals surface area contributed by atoms with E-state index in [9.17, 15) is 10.2 Å². The van der Waals surface area contributed by atoms with Gasteiger partial charge in [0.25, 0.3) is 0 Å². The lowest BCUT2D eigenvalue weighted by molar-refractivity contribution is 0.462. The Balaban J connectivity index is 2.31. The topological polar surface area (TPSA) is 40.5 Å². The van der Waals surface area contributed by atoms with Crippen molar-refractivity contribution in [3.05, 3.63) is 59.2 Å². The summed E-state index contributed by atoms with van der Waals surface area (Å²) in [5.41, 5.74) is 2.67. The van der Waals surface area contributed by atoms with Crippen LogP contribution in [-0.2, 0) is 6.42 Å². The standard InChI is InChI=1S/C14H14O2/c1-10-6-7-12(14(16)8-10)9-11-4-2-3-5-13(11)15/h2-8,15-16H,9H2,1H3. The van der Waals surface area contributed by atoms with Gasteiger partial charge in [0.15, 0.2) is 0 Å². The Hall–Kier alpha value is -1.96. The molecule has 2 aromatic rings. The zero-order chi connectivity index (χ0) is 11.5. The van der Waals surface area contributed by atoms with Gasteiger partial charge in [-0.1, -0.05) is 30.3 Å². The minimum Gasteiger partial charge on any atom is -0.508 e. The molecule has 0 fully saturated rings. The van der Waals surface area contributed by atoms with Crippen LogP contribution in [0.3, 0.4) is 0 Å². The van der Waals surface area contributed by atoms with E-state index in [-0.39, 0.29) is 11.5 Å². The Bertz CT molecular complexity index is 504. The number of rotatable bonds is 2. The number of hydrogen-bond acceptors (Lipinski definition) is 2. The van der Waals surface area contributed by atoms with Crippen LogP contribution >= 0.6 is 0 Å². The van der Waals surface area contributed by atoms with Crippen LogP contribution in [-0.4, -0.2) is 10.2 Å². The van der Waals surface area contributed by atoms with E-state index in [2.05, 4.69) is 0 Å². The Morgan fingerprint density at radius 1 is 0.875 bits per heavy atom. The lowest BCUT2D eigenvalue weighted by atomic mass is 10.0. The van der Waals surface area contributed by atoms with Crippen LogP contribution in [0.2, 0.25) is 0 Å². The van der Waals surface area contributed by atoms with Gasteiger partial charge in [-0.05, 0) is 35.7 Å². The third-order valence-corrected chi connectivity index (χ3v) is 2.61. The van der Waals surface area contributed by atoms with Gasteiger partial charge in [0.2, 0.25) is 0 Å². The molecule has 2 heteroatoms. The summed E-state index contributed by atoms with van der Waals surface area (Å²) in [6, 6.07) is 12.7. The normalized spacial score (nSPS) is 10.3. The van der Waals surface area contributed by atoms with Crippen LogP contribution in [0.1, 0.15) is 16.7 Å².